The second-order valence-corrected chi connectivity index (χ2v) is 5.49. The van der Waals surface area contributed by atoms with Crippen molar-refractivity contribution in [2.24, 2.45) is 11.7 Å². The predicted octanol–water partition coefficient (Wildman–Crippen LogP) is 1.53. The zero-order chi connectivity index (χ0) is 13.2. The van der Waals surface area contributed by atoms with E-state index in [1.54, 1.807) is 0 Å². The zero-order valence-corrected chi connectivity index (χ0v) is 11.0. The Morgan fingerprint density at radius 1 is 1.32 bits per heavy atom. The van der Waals surface area contributed by atoms with Crippen molar-refractivity contribution in [1.29, 1.82) is 0 Å². The summed E-state index contributed by atoms with van der Waals surface area (Å²) in [5.74, 6) is 1.26. The van der Waals surface area contributed by atoms with Gasteiger partial charge < -0.3 is 15.4 Å². The molecule has 2 N–H and O–H groups in total. The molecule has 1 aromatic carbocycles. The number of carbonyl (C=O) groups excluding carboxylic acids is 1. The van der Waals surface area contributed by atoms with Gasteiger partial charge in [-0.1, -0.05) is 18.2 Å². The van der Waals surface area contributed by atoms with Gasteiger partial charge in [0.25, 0.3) is 0 Å². The largest absolute Gasteiger partial charge is 0.491 e. The summed E-state index contributed by atoms with van der Waals surface area (Å²) in [5.41, 5.74) is 7.00. The van der Waals surface area contributed by atoms with E-state index < -0.39 is 0 Å². The van der Waals surface area contributed by atoms with Gasteiger partial charge >= 0.3 is 0 Å². The number of rotatable bonds is 1. The van der Waals surface area contributed by atoms with Crippen molar-refractivity contribution < 1.29 is 9.53 Å². The minimum absolute atomic E-state index is 0.111. The molecule has 2 aliphatic rings. The van der Waals surface area contributed by atoms with E-state index in [0.29, 0.717) is 19.7 Å². The fraction of sp³-hybridized carbons (Fsp3) is 0.533. The van der Waals surface area contributed by atoms with Crippen LogP contribution in [0, 0.1) is 5.92 Å². The Labute approximate surface area is 113 Å². The van der Waals surface area contributed by atoms with Gasteiger partial charge in [0.15, 0.2) is 0 Å². The van der Waals surface area contributed by atoms with Crippen LogP contribution in [-0.2, 0) is 11.3 Å². The molecule has 1 fully saturated rings. The smallest absolute Gasteiger partial charge is 0.226 e. The Morgan fingerprint density at radius 3 is 2.95 bits per heavy atom. The fourth-order valence-electron chi connectivity index (χ4n) is 3.01. The number of benzene rings is 1. The van der Waals surface area contributed by atoms with E-state index >= 15 is 0 Å². The van der Waals surface area contributed by atoms with Gasteiger partial charge in [0.05, 0.1) is 6.54 Å². The van der Waals surface area contributed by atoms with E-state index in [4.69, 9.17) is 10.5 Å². The maximum Gasteiger partial charge on any atom is 0.226 e. The lowest BCUT2D eigenvalue weighted by atomic mass is 10.1. The maximum atomic E-state index is 12.5. The molecule has 0 radical (unpaired) electrons. The number of hydrogen-bond donors (Lipinski definition) is 1. The zero-order valence-electron chi connectivity index (χ0n) is 11.0. The van der Waals surface area contributed by atoms with Crippen molar-refractivity contribution in [3.8, 4) is 5.75 Å². The minimum atomic E-state index is 0.111. The molecule has 0 spiro atoms. The molecule has 4 heteroatoms. The number of nitrogens with zero attached hydrogens (tertiary/aromatic N) is 1. The highest BCUT2D eigenvalue weighted by Crippen LogP contribution is 2.28. The number of ether oxygens (including phenoxy) is 1. The summed E-state index contributed by atoms with van der Waals surface area (Å²) in [4.78, 5) is 14.4. The van der Waals surface area contributed by atoms with Crippen molar-refractivity contribution in [1.82, 2.24) is 4.90 Å². The Kier molecular flexibility index (Phi) is 3.42. The first-order chi connectivity index (χ1) is 9.24. The van der Waals surface area contributed by atoms with Crippen molar-refractivity contribution in [3.05, 3.63) is 29.8 Å². The molecular formula is C15H20N2O2. The van der Waals surface area contributed by atoms with Crippen LogP contribution in [0.3, 0.4) is 0 Å². The Morgan fingerprint density at radius 2 is 2.16 bits per heavy atom. The molecule has 1 saturated carbocycles. The van der Waals surface area contributed by atoms with Crippen LogP contribution in [0.1, 0.15) is 24.8 Å². The first kappa shape index (κ1) is 12.5. The summed E-state index contributed by atoms with van der Waals surface area (Å²) >= 11 is 0. The molecule has 0 unspecified atom stereocenters. The second kappa shape index (κ2) is 5.21. The van der Waals surface area contributed by atoms with Gasteiger partial charge in [-0.05, 0) is 25.3 Å². The lowest BCUT2D eigenvalue weighted by Crippen LogP contribution is -2.36. The van der Waals surface area contributed by atoms with Gasteiger partial charge in [-0.2, -0.15) is 0 Å². The highest BCUT2D eigenvalue weighted by molar-refractivity contribution is 5.79. The lowest BCUT2D eigenvalue weighted by molar-refractivity contribution is -0.136. The molecule has 1 amide bonds. The summed E-state index contributed by atoms with van der Waals surface area (Å²) in [6, 6.07) is 8.15. The third-order valence-electron chi connectivity index (χ3n) is 4.09. The van der Waals surface area contributed by atoms with Crippen LogP contribution in [0.25, 0.3) is 0 Å². The van der Waals surface area contributed by atoms with Crippen LogP contribution in [0.4, 0.5) is 0 Å². The molecule has 1 aromatic rings. The highest BCUT2D eigenvalue weighted by atomic mass is 16.5. The van der Waals surface area contributed by atoms with Crippen molar-refractivity contribution in [3.63, 3.8) is 0 Å². The molecule has 19 heavy (non-hydrogen) atoms. The molecule has 3 rings (SSSR count). The Hall–Kier alpha value is -1.55. The Bertz CT molecular complexity index is 475. The monoisotopic (exact) mass is 260 g/mol. The van der Waals surface area contributed by atoms with Crippen molar-refractivity contribution in [2.75, 3.05) is 13.2 Å². The molecule has 2 atom stereocenters. The average molecular weight is 260 g/mol. The standard InChI is InChI=1S/C15H20N2O2/c16-13-6-5-11(9-13)15(18)17-7-8-19-14-4-2-1-3-12(14)10-17/h1-4,11,13H,5-10,16H2/t11-,13+/m1/s1. The average Bonchev–Trinajstić information content (AvgIpc) is 2.74. The van der Waals surface area contributed by atoms with Gasteiger partial charge in [0, 0.05) is 24.1 Å². The number of amides is 1. The summed E-state index contributed by atoms with van der Waals surface area (Å²) in [5, 5.41) is 0. The molecule has 1 aliphatic heterocycles. The first-order valence-electron chi connectivity index (χ1n) is 6.99. The van der Waals surface area contributed by atoms with Crippen LogP contribution in [-0.4, -0.2) is 30.0 Å². The highest BCUT2D eigenvalue weighted by Gasteiger charge is 2.31. The van der Waals surface area contributed by atoms with Crippen LogP contribution in [0.5, 0.6) is 5.75 Å². The quantitative estimate of drug-likeness (QED) is 0.833. The number of nitrogens with two attached hydrogens (primary N) is 1. The van der Waals surface area contributed by atoms with Gasteiger partial charge in [-0.15, -0.1) is 0 Å². The van der Waals surface area contributed by atoms with Gasteiger partial charge in [-0.25, -0.2) is 0 Å². The van der Waals surface area contributed by atoms with E-state index in [-0.39, 0.29) is 17.9 Å². The van der Waals surface area contributed by atoms with E-state index in [9.17, 15) is 4.79 Å². The maximum absolute atomic E-state index is 12.5. The summed E-state index contributed by atoms with van der Waals surface area (Å²) in [6.07, 6.45) is 2.73. The number of carbonyl (C=O) groups is 1. The number of fused-ring (bicyclic) bond motifs is 1. The summed E-state index contributed by atoms with van der Waals surface area (Å²) in [6.45, 7) is 1.89. The number of hydrogen-bond acceptors (Lipinski definition) is 3. The van der Waals surface area contributed by atoms with Gasteiger partial charge in [0.2, 0.25) is 5.91 Å². The van der Waals surface area contributed by atoms with Gasteiger partial charge in [-0.3, -0.25) is 4.79 Å². The van der Waals surface area contributed by atoms with Crippen LogP contribution in [0.15, 0.2) is 24.3 Å². The third kappa shape index (κ3) is 2.59. The Balaban J connectivity index is 1.73. The fourth-order valence-corrected chi connectivity index (χ4v) is 3.01. The molecule has 0 saturated heterocycles. The SMILES string of the molecule is N[C@H]1CC[C@@H](C(=O)N2CCOc3ccccc3C2)C1. The van der Waals surface area contributed by atoms with E-state index in [0.717, 1.165) is 30.6 Å². The lowest BCUT2D eigenvalue weighted by Gasteiger charge is -2.23. The normalized spacial score (nSPS) is 26.5. The van der Waals surface area contributed by atoms with Crippen molar-refractivity contribution in [2.45, 2.75) is 31.8 Å². The first-order valence-corrected chi connectivity index (χ1v) is 6.99. The second-order valence-electron chi connectivity index (χ2n) is 5.49. The molecule has 102 valence electrons. The van der Waals surface area contributed by atoms with Crippen LogP contribution in [0.2, 0.25) is 0 Å². The molecule has 4 nitrogen and oxygen atoms in total. The summed E-state index contributed by atoms with van der Waals surface area (Å²) < 4.78 is 5.69. The van der Waals surface area contributed by atoms with Gasteiger partial charge in [0.1, 0.15) is 12.4 Å². The third-order valence-corrected chi connectivity index (χ3v) is 4.09. The molecule has 1 heterocycles. The minimum Gasteiger partial charge on any atom is -0.491 e. The molecule has 0 aromatic heterocycles. The predicted molar refractivity (Wildman–Crippen MR) is 72.7 cm³/mol. The van der Waals surface area contributed by atoms with Crippen LogP contribution >= 0.6 is 0 Å². The van der Waals surface area contributed by atoms with E-state index in [1.165, 1.54) is 0 Å². The van der Waals surface area contributed by atoms with Crippen LogP contribution < -0.4 is 10.5 Å². The molecular weight excluding hydrogens is 240 g/mol. The van der Waals surface area contributed by atoms with Crippen molar-refractivity contribution >= 4 is 5.91 Å². The van der Waals surface area contributed by atoms with E-state index in [2.05, 4.69) is 0 Å². The summed E-state index contributed by atoms with van der Waals surface area (Å²) in [7, 11) is 0. The number of para-hydroxylation sites is 1. The topological polar surface area (TPSA) is 55.6 Å². The molecule has 1 aliphatic carbocycles. The van der Waals surface area contributed by atoms with E-state index in [1.807, 2.05) is 29.2 Å². The molecule has 0 bridgehead atoms.